The van der Waals surface area contributed by atoms with Gasteiger partial charge in [-0.25, -0.2) is 18.8 Å². The number of carboxylic acids is 1. The number of carbonyl (C=O) groups is 3. The lowest BCUT2D eigenvalue weighted by Crippen LogP contribution is -2.28. The lowest BCUT2D eigenvalue weighted by Gasteiger charge is -2.24. The number of halogens is 2. The van der Waals surface area contributed by atoms with Gasteiger partial charge in [0.2, 0.25) is 0 Å². The number of nitrogens with zero attached hydrogens (tertiary/aromatic N) is 1. The van der Waals surface area contributed by atoms with E-state index in [0.29, 0.717) is 0 Å². The number of ether oxygens (including phenoxy) is 2. The van der Waals surface area contributed by atoms with Crippen molar-refractivity contribution < 1.29 is 33.4 Å². The summed E-state index contributed by atoms with van der Waals surface area (Å²) in [7, 11) is 2.25. The SMILES string of the molecule is COC(=O)C1=C(C(=O)OC)N(c2c(F)cc(C(=O)O)cc2Br)C=CC=C1. The standard InChI is InChI=1S/C17H13BrFNO6/c1-25-16(23)10-5-3-4-6-20(13(10)17(24)26-2)14-11(18)7-9(15(21)22)8-12(14)19/h3-8H,1-2H3,(H,21,22). The highest BCUT2D eigenvalue weighted by atomic mass is 79.9. The zero-order chi connectivity index (χ0) is 19.4. The average Bonchev–Trinajstić information content (AvgIpc) is 2.82. The third kappa shape index (κ3) is 3.67. The molecule has 136 valence electrons. The maximum absolute atomic E-state index is 14.7. The number of hydrogen-bond donors (Lipinski definition) is 1. The minimum absolute atomic E-state index is 0.0621. The Bertz CT molecular complexity index is 851. The summed E-state index contributed by atoms with van der Waals surface area (Å²) >= 11 is 3.11. The van der Waals surface area contributed by atoms with Gasteiger partial charge in [0.15, 0.2) is 0 Å². The Balaban J connectivity index is 2.76. The third-order valence-electron chi connectivity index (χ3n) is 3.39. The summed E-state index contributed by atoms with van der Waals surface area (Å²) in [6.07, 6.45) is 5.59. The molecule has 2 rings (SSSR count). The Hall–Kier alpha value is -2.94. The van der Waals surface area contributed by atoms with Gasteiger partial charge >= 0.3 is 17.9 Å². The van der Waals surface area contributed by atoms with Gasteiger partial charge in [0.05, 0.1) is 31.0 Å². The Morgan fingerprint density at radius 1 is 1.12 bits per heavy atom. The van der Waals surface area contributed by atoms with E-state index in [1.807, 2.05) is 0 Å². The van der Waals surface area contributed by atoms with E-state index in [1.165, 1.54) is 30.5 Å². The van der Waals surface area contributed by atoms with Crippen LogP contribution in [0.25, 0.3) is 0 Å². The molecular weight excluding hydrogens is 413 g/mol. The number of allylic oxidation sites excluding steroid dienone is 2. The molecule has 1 aliphatic heterocycles. The number of methoxy groups -OCH3 is 2. The van der Waals surface area contributed by atoms with Crippen LogP contribution in [0.2, 0.25) is 0 Å². The van der Waals surface area contributed by atoms with Gasteiger partial charge in [0, 0.05) is 10.7 Å². The van der Waals surface area contributed by atoms with Crippen LogP contribution in [0.1, 0.15) is 10.4 Å². The zero-order valence-electron chi connectivity index (χ0n) is 13.7. The fraction of sp³-hybridized carbons (Fsp3) is 0.118. The van der Waals surface area contributed by atoms with Crippen LogP contribution < -0.4 is 4.90 Å². The van der Waals surface area contributed by atoms with Crippen molar-refractivity contribution in [1.82, 2.24) is 0 Å². The fourth-order valence-electron chi connectivity index (χ4n) is 2.26. The summed E-state index contributed by atoms with van der Waals surface area (Å²) in [5.41, 5.74) is -0.895. The maximum atomic E-state index is 14.7. The molecule has 0 spiro atoms. The molecule has 0 aromatic heterocycles. The van der Waals surface area contributed by atoms with Crippen LogP contribution in [-0.4, -0.2) is 37.2 Å². The third-order valence-corrected chi connectivity index (χ3v) is 4.00. The Morgan fingerprint density at radius 2 is 1.77 bits per heavy atom. The van der Waals surface area contributed by atoms with Crippen molar-refractivity contribution in [2.24, 2.45) is 0 Å². The highest BCUT2D eigenvalue weighted by molar-refractivity contribution is 9.10. The molecule has 0 unspecified atom stereocenters. The Kier molecular flexibility index (Phi) is 5.93. The maximum Gasteiger partial charge on any atom is 0.355 e. The number of hydrogen-bond acceptors (Lipinski definition) is 6. The summed E-state index contributed by atoms with van der Waals surface area (Å²) < 4.78 is 24.1. The number of esters is 2. The molecule has 1 aromatic carbocycles. The molecule has 1 aliphatic rings. The highest BCUT2D eigenvalue weighted by Crippen LogP contribution is 2.35. The largest absolute Gasteiger partial charge is 0.478 e. The van der Waals surface area contributed by atoms with Crippen molar-refractivity contribution in [2.75, 3.05) is 19.1 Å². The second-order valence-corrected chi connectivity index (χ2v) is 5.76. The molecule has 0 atom stereocenters. The summed E-state index contributed by atoms with van der Waals surface area (Å²) in [6, 6.07) is 1.99. The zero-order valence-corrected chi connectivity index (χ0v) is 15.2. The normalized spacial score (nSPS) is 13.5. The van der Waals surface area contributed by atoms with Crippen molar-refractivity contribution >= 4 is 39.5 Å². The van der Waals surface area contributed by atoms with E-state index >= 15 is 0 Å². The van der Waals surface area contributed by atoms with Gasteiger partial charge in [-0.1, -0.05) is 6.08 Å². The van der Waals surface area contributed by atoms with Crippen LogP contribution in [0, 0.1) is 5.82 Å². The molecule has 0 bridgehead atoms. The van der Waals surface area contributed by atoms with E-state index in [0.717, 1.165) is 25.2 Å². The number of rotatable bonds is 4. The van der Waals surface area contributed by atoms with Gasteiger partial charge in [-0.05, 0) is 40.2 Å². The molecule has 1 aromatic rings. The van der Waals surface area contributed by atoms with Gasteiger partial charge in [-0.3, -0.25) is 0 Å². The molecule has 0 aliphatic carbocycles. The fourth-order valence-corrected chi connectivity index (χ4v) is 2.88. The highest BCUT2D eigenvalue weighted by Gasteiger charge is 2.30. The topological polar surface area (TPSA) is 93.1 Å². The monoisotopic (exact) mass is 425 g/mol. The predicted molar refractivity (Wildman–Crippen MR) is 92.9 cm³/mol. The van der Waals surface area contributed by atoms with Crippen LogP contribution in [0.4, 0.5) is 10.1 Å². The van der Waals surface area contributed by atoms with E-state index in [2.05, 4.69) is 20.7 Å². The molecule has 1 N–H and O–H groups in total. The minimum atomic E-state index is -1.32. The molecule has 0 radical (unpaired) electrons. The van der Waals surface area contributed by atoms with Gasteiger partial charge in [-0.15, -0.1) is 0 Å². The van der Waals surface area contributed by atoms with Crippen LogP contribution in [0.5, 0.6) is 0 Å². The van der Waals surface area contributed by atoms with Gasteiger partial charge in [0.1, 0.15) is 11.5 Å². The number of carbonyl (C=O) groups excluding carboxylic acids is 2. The summed E-state index contributed by atoms with van der Waals surface area (Å²) in [4.78, 5) is 36.5. The van der Waals surface area contributed by atoms with Crippen LogP contribution in [-0.2, 0) is 19.1 Å². The quantitative estimate of drug-likeness (QED) is 0.741. The van der Waals surface area contributed by atoms with Gasteiger partial charge in [-0.2, -0.15) is 0 Å². The molecule has 7 nitrogen and oxygen atoms in total. The van der Waals surface area contributed by atoms with Crippen LogP contribution >= 0.6 is 15.9 Å². The molecule has 0 fully saturated rings. The van der Waals surface area contributed by atoms with E-state index in [-0.39, 0.29) is 27.0 Å². The Morgan fingerprint density at radius 3 is 2.31 bits per heavy atom. The number of anilines is 1. The molecule has 0 amide bonds. The van der Waals surface area contributed by atoms with Gasteiger partial charge in [0.25, 0.3) is 0 Å². The molecule has 1 heterocycles. The van der Waals surface area contributed by atoms with E-state index in [4.69, 9.17) is 9.84 Å². The first-order chi connectivity index (χ1) is 12.3. The smallest absolute Gasteiger partial charge is 0.355 e. The van der Waals surface area contributed by atoms with E-state index < -0.39 is 23.7 Å². The van der Waals surface area contributed by atoms with Crippen molar-refractivity contribution in [3.8, 4) is 0 Å². The minimum Gasteiger partial charge on any atom is -0.478 e. The second-order valence-electron chi connectivity index (χ2n) is 4.91. The summed E-state index contributed by atoms with van der Waals surface area (Å²) in [6.45, 7) is 0. The van der Waals surface area contributed by atoms with Crippen molar-refractivity contribution in [2.45, 2.75) is 0 Å². The first-order valence-corrected chi connectivity index (χ1v) is 7.88. The van der Waals surface area contributed by atoms with Crippen molar-refractivity contribution in [3.05, 3.63) is 63.7 Å². The molecule has 9 heteroatoms. The van der Waals surface area contributed by atoms with E-state index in [1.54, 1.807) is 0 Å². The summed E-state index contributed by atoms with van der Waals surface area (Å²) in [5.74, 6) is -3.97. The van der Waals surface area contributed by atoms with Crippen molar-refractivity contribution in [3.63, 3.8) is 0 Å². The van der Waals surface area contributed by atoms with Crippen LogP contribution in [0.15, 0.2) is 52.3 Å². The summed E-state index contributed by atoms with van der Waals surface area (Å²) in [5, 5.41) is 9.04. The molecular formula is C17H13BrFNO6. The Labute approximate surface area is 156 Å². The van der Waals surface area contributed by atoms with Crippen molar-refractivity contribution in [1.29, 1.82) is 0 Å². The molecule has 0 saturated carbocycles. The average molecular weight is 426 g/mol. The first-order valence-electron chi connectivity index (χ1n) is 7.09. The second kappa shape index (κ2) is 7.96. The van der Waals surface area contributed by atoms with E-state index in [9.17, 15) is 18.8 Å². The lowest BCUT2D eigenvalue weighted by molar-refractivity contribution is -0.139. The van der Waals surface area contributed by atoms with Gasteiger partial charge < -0.3 is 19.5 Å². The van der Waals surface area contributed by atoms with Crippen LogP contribution in [0.3, 0.4) is 0 Å². The molecule has 0 saturated heterocycles. The predicted octanol–water partition coefficient (Wildman–Crippen LogP) is 2.78. The lowest BCUT2D eigenvalue weighted by atomic mass is 10.1. The number of aromatic carboxylic acids is 1. The number of carboxylic acid groups (broad SMARTS) is 1. The first kappa shape index (κ1) is 19.4. The molecule has 26 heavy (non-hydrogen) atoms. The number of benzene rings is 1.